The number of hydrazine groups is 1. The first kappa shape index (κ1) is 21.1. The van der Waals surface area contributed by atoms with Crippen LogP contribution in [0.25, 0.3) is 10.8 Å². The Morgan fingerprint density at radius 1 is 1.16 bits per heavy atom. The largest absolute Gasteiger partial charge is 0.435 e. The van der Waals surface area contributed by atoms with Crippen LogP contribution in [0, 0.1) is 0 Å². The summed E-state index contributed by atoms with van der Waals surface area (Å²) in [6.07, 6.45) is -2.99. The summed E-state index contributed by atoms with van der Waals surface area (Å²) >= 11 is 5.24. The van der Waals surface area contributed by atoms with Crippen molar-refractivity contribution >= 4 is 39.7 Å². The fourth-order valence-electron chi connectivity index (χ4n) is 3.36. The Morgan fingerprint density at radius 2 is 1.87 bits per heavy atom. The third-order valence-corrected chi connectivity index (χ3v) is 5.34. The van der Waals surface area contributed by atoms with Crippen molar-refractivity contribution in [3.8, 4) is 0 Å². The van der Waals surface area contributed by atoms with Crippen LogP contribution in [0.5, 0.6) is 0 Å². The Hall–Kier alpha value is -3.14. The second kappa shape index (κ2) is 8.18. The molecule has 1 amide bonds. The van der Waals surface area contributed by atoms with Gasteiger partial charge < -0.3 is 5.32 Å². The summed E-state index contributed by atoms with van der Waals surface area (Å²) in [5.74, 6) is -0.554. The maximum Gasteiger partial charge on any atom is 0.435 e. The molecule has 1 aliphatic rings. The lowest BCUT2D eigenvalue weighted by Crippen LogP contribution is -2.46. The Labute approximate surface area is 181 Å². The first-order valence-corrected chi connectivity index (χ1v) is 10.2. The zero-order valence-electron chi connectivity index (χ0n) is 16.5. The number of benzene rings is 2. The molecule has 1 fully saturated rings. The highest BCUT2D eigenvalue weighted by Gasteiger charge is 2.39. The van der Waals surface area contributed by atoms with Gasteiger partial charge in [0.25, 0.3) is 5.91 Å². The molecule has 0 radical (unpaired) electrons. The number of hydrogen-bond donors (Lipinski definition) is 3. The predicted molar refractivity (Wildman–Crippen MR) is 115 cm³/mol. The van der Waals surface area contributed by atoms with Gasteiger partial charge in [-0.25, -0.2) is 0 Å². The average molecular weight is 447 g/mol. The SMILES string of the molecule is CC(C(=O)NNC(=S)Nc1cccc2ccccc12)n1nc(C(F)(F)F)cc1C1CC1. The van der Waals surface area contributed by atoms with Crippen LogP contribution in [0.15, 0.2) is 48.5 Å². The number of halogens is 3. The van der Waals surface area contributed by atoms with Crippen LogP contribution in [-0.4, -0.2) is 20.8 Å². The van der Waals surface area contributed by atoms with Crippen molar-refractivity contribution < 1.29 is 18.0 Å². The highest BCUT2D eigenvalue weighted by molar-refractivity contribution is 7.80. The summed E-state index contributed by atoms with van der Waals surface area (Å²) < 4.78 is 40.4. The van der Waals surface area contributed by atoms with Gasteiger partial charge in [-0.05, 0) is 49.5 Å². The second-order valence-corrected chi connectivity index (χ2v) is 7.85. The van der Waals surface area contributed by atoms with Crippen LogP contribution in [0.4, 0.5) is 18.9 Å². The standard InChI is InChI=1S/C21H20F3N5OS/c1-12(29-17(14-9-10-14)11-18(28-29)21(22,23)24)19(30)26-27-20(31)25-16-8-4-6-13-5-2-3-7-15(13)16/h2-8,11-12,14H,9-10H2,1H3,(H,26,30)(H2,25,27,31). The molecule has 2 aromatic carbocycles. The van der Waals surface area contributed by atoms with Crippen LogP contribution in [0.2, 0.25) is 0 Å². The fraction of sp³-hybridized carbons (Fsp3) is 0.286. The molecule has 0 aliphatic heterocycles. The lowest BCUT2D eigenvalue weighted by atomic mass is 10.1. The van der Waals surface area contributed by atoms with Crippen molar-refractivity contribution in [3.63, 3.8) is 0 Å². The highest BCUT2D eigenvalue weighted by Crippen LogP contribution is 2.42. The van der Waals surface area contributed by atoms with Crippen LogP contribution in [0.1, 0.15) is 43.1 Å². The lowest BCUT2D eigenvalue weighted by molar-refractivity contribution is -0.142. The minimum atomic E-state index is -4.56. The maximum absolute atomic E-state index is 13.1. The Balaban J connectivity index is 1.42. The quantitative estimate of drug-likeness (QED) is 0.406. The summed E-state index contributed by atoms with van der Waals surface area (Å²) in [4.78, 5) is 12.6. The van der Waals surface area contributed by atoms with Gasteiger partial charge in [-0.3, -0.25) is 20.3 Å². The number of carbonyl (C=O) groups is 1. The van der Waals surface area contributed by atoms with Gasteiger partial charge in [-0.2, -0.15) is 18.3 Å². The van der Waals surface area contributed by atoms with E-state index in [2.05, 4.69) is 21.3 Å². The average Bonchev–Trinajstić information content (AvgIpc) is 3.48. The normalized spacial score (nSPS) is 14.8. The van der Waals surface area contributed by atoms with E-state index < -0.39 is 23.8 Å². The van der Waals surface area contributed by atoms with E-state index in [-0.39, 0.29) is 11.0 Å². The van der Waals surface area contributed by atoms with Crippen LogP contribution < -0.4 is 16.2 Å². The van der Waals surface area contributed by atoms with Crippen molar-refractivity contribution in [2.24, 2.45) is 0 Å². The minimum absolute atomic E-state index is 0.000846. The van der Waals surface area contributed by atoms with E-state index in [9.17, 15) is 18.0 Å². The number of fused-ring (bicyclic) bond motifs is 1. The highest BCUT2D eigenvalue weighted by atomic mass is 32.1. The number of rotatable bonds is 4. The zero-order valence-corrected chi connectivity index (χ0v) is 17.3. The molecule has 1 aliphatic carbocycles. The predicted octanol–water partition coefficient (Wildman–Crippen LogP) is 4.51. The molecule has 3 N–H and O–H groups in total. The first-order valence-electron chi connectivity index (χ1n) is 9.75. The van der Waals surface area contributed by atoms with E-state index in [4.69, 9.17) is 12.2 Å². The monoisotopic (exact) mass is 447 g/mol. The smallest absolute Gasteiger partial charge is 0.331 e. The molecule has 6 nitrogen and oxygen atoms in total. The second-order valence-electron chi connectivity index (χ2n) is 7.44. The molecular formula is C21H20F3N5OS. The molecule has 0 spiro atoms. The molecule has 10 heteroatoms. The van der Waals surface area contributed by atoms with Gasteiger partial charge in [-0.1, -0.05) is 36.4 Å². The Morgan fingerprint density at radius 3 is 2.58 bits per heavy atom. The Bertz CT molecular complexity index is 1130. The number of anilines is 1. The summed E-state index contributed by atoms with van der Waals surface area (Å²) in [6.45, 7) is 1.50. The number of nitrogens with one attached hydrogen (secondary N) is 3. The van der Waals surface area contributed by atoms with E-state index in [1.165, 1.54) is 6.92 Å². The first-order chi connectivity index (χ1) is 14.7. The number of nitrogens with zero attached hydrogens (tertiary/aromatic N) is 2. The molecular weight excluding hydrogens is 427 g/mol. The number of aromatic nitrogens is 2. The van der Waals surface area contributed by atoms with Gasteiger partial charge in [0.05, 0.1) is 0 Å². The Kier molecular flexibility index (Phi) is 5.57. The molecule has 4 rings (SSSR count). The molecule has 0 bridgehead atoms. The van der Waals surface area contributed by atoms with E-state index in [1.54, 1.807) is 0 Å². The van der Waals surface area contributed by atoms with Crippen molar-refractivity contribution in [2.75, 3.05) is 5.32 Å². The summed E-state index contributed by atoms with van der Waals surface area (Å²) in [6, 6.07) is 13.5. The molecule has 1 aromatic heterocycles. The summed E-state index contributed by atoms with van der Waals surface area (Å²) in [5, 5.41) is 8.80. The minimum Gasteiger partial charge on any atom is -0.331 e. The van der Waals surface area contributed by atoms with Crippen LogP contribution in [0.3, 0.4) is 0 Å². The van der Waals surface area contributed by atoms with Crippen molar-refractivity contribution in [1.82, 2.24) is 20.6 Å². The zero-order chi connectivity index (χ0) is 22.2. The van der Waals surface area contributed by atoms with Gasteiger partial charge >= 0.3 is 6.18 Å². The number of hydrogen-bond acceptors (Lipinski definition) is 3. The number of carbonyl (C=O) groups excluding carboxylic acids is 1. The molecule has 1 saturated carbocycles. The molecule has 162 valence electrons. The van der Waals surface area contributed by atoms with E-state index >= 15 is 0 Å². The summed E-state index contributed by atoms with van der Waals surface area (Å²) in [5.41, 5.74) is 5.25. The van der Waals surface area contributed by atoms with Crippen molar-refractivity contribution in [3.05, 3.63) is 59.9 Å². The van der Waals surface area contributed by atoms with Gasteiger partial charge in [0.15, 0.2) is 10.8 Å². The fourth-order valence-corrected chi connectivity index (χ4v) is 3.52. The molecule has 3 aromatic rings. The van der Waals surface area contributed by atoms with Gasteiger partial charge in [0, 0.05) is 22.7 Å². The molecule has 1 heterocycles. The molecule has 1 atom stereocenters. The van der Waals surface area contributed by atoms with E-state index in [1.807, 2.05) is 42.5 Å². The van der Waals surface area contributed by atoms with Crippen LogP contribution >= 0.6 is 12.2 Å². The molecule has 31 heavy (non-hydrogen) atoms. The topological polar surface area (TPSA) is 71.0 Å². The third-order valence-electron chi connectivity index (χ3n) is 5.13. The number of amides is 1. The van der Waals surface area contributed by atoms with Gasteiger partial charge in [-0.15, -0.1) is 0 Å². The lowest BCUT2D eigenvalue weighted by Gasteiger charge is -2.18. The van der Waals surface area contributed by atoms with E-state index in [0.29, 0.717) is 5.69 Å². The molecule has 0 saturated heterocycles. The third kappa shape index (κ3) is 4.63. The number of alkyl halides is 3. The van der Waals surface area contributed by atoms with Gasteiger partial charge in [0.1, 0.15) is 6.04 Å². The van der Waals surface area contributed by atoms with Crippen molar-refractivity contribution in [2.45, 2.75) is 37.9 Å². The maximum atomic E-state index is 13.1. The molecule has 1 unspecified atom stereocenters. The van der Waals surface area contributed by atoms with Crippen LogP contribution in [-0.2, 0) is 11.0 Å². The van der Waals surface area contributed by atoms with Gasteiger partial charge in [0.2, 0.25) is 0 Å². The number of thiocarbonyl (C=S) groups is 1. The summed E-state index contributed by atoms with van der Waals surface area (Å²) in [7, 11) is 0. The van der Waals surface area contributed by atoms with Crippen molar-refractivity contribution in [1.29, 1.82) is 0 Å². The van der Waals surface area contributed by atoms with E-state index in [0.717, 1.165) is 40.0 Å².